The van der Waals surface area contributed by atoms with Crippen molar-refractivity contribution >= 4 is 16.9 Å². The lowest BCUT2D eigenvalue weighted by atomic mass is 10.1. The van der Waals surface area contributed by atoms with Gasteiger partial charge in [0.15, 0.2) is 0 Å². The van der Waals surface area contributed by atoms with Crippen LogP contribution in [0.25, 0.3) is 22.3 Å². The minimum atomic E-state index is -0.443. The zero-order valence-electron chi connectivity index (χ0n) is 20.4. The van der Waals surface area contributed by atoms with E-state index in [1.54, 1.807) is 6.20 Å². The predicted octanol–water partition coefficient (Wildman–Crippen LogP) is 2.59. The number of anilines is 1. The van der Waals surface area contributed by atoms with Gasteiger partial charge in [-0.2, -0.15) is 0 Å². The first-order valence-corrected chi connectivity index (χ1v) is 12.7. The number of benzene rings is 1. The number of rotatable bonds is 11. The van der Waals surface area contributed by atoms with Gasteiger partial charge in [-0.25, -0.2) is 19.9 Å². The molecule has 5 N–H and O–H groups in total. The Hall–Kier alpha value is -3.40. The van der Waals surface area contributed by atoms with Crippen molar-refractivity contribution in [1.82, 2.24) is 35.1 Å². The van der Waals surface area contributed by atoms with Crippen LogP contribution >= 0.6 is 0 Å². The summed E-state index contributed by atoms with van der Waals surface area (Å²) in [5.41, 5.74) is 9.96. The Morgan fingerprint density at radius 3 is 2.67 bits per heavy atom. The summed E-state index contributed by atoms with van der Waals surface area (Å²) in [5.74, 6) is 0.811. The summed E-state index contributed by atoms with van der Waals surface area (Å²) in [6.07, 6.45) is 10.0. The molecule has 36 heavy (non-hydrogen) atoms. The van der Waals surface area contributed by atoms with Crippen LogP contribution in [0.15, 0.2) is 61.4 Å². The number of nitrogen functional groups attached to an aromatic ring is 1. The van der Waals surface area contributed by atoms with E-state index in [0.717, 1.165) is 74.2 Å². The molecule has 0 amide bonds. The van der Waals surface area contributed by atoms with Gasteiger partial charge < -0.3 is 26.0 Å². The lowest BCUT2D eigenvalue weighted by molar-refractivity contribution is 0.136. The van der Waals surface area contributed by atoms with Crippen molar-refractivity contribution in [3.8, 4) is 11.3 Å². The molecule has 1 saturated carbocycles. The zero-order chi connectivity index (χ0) is 24.7. The molecule has 188 valence electrons. The molecule has 5 rings (SSSR count). The SMILES string of the molecule is Nc1ncnc2c1c(-c1ccncn1)cn2[C@@H]1C[C@H](CNCCCNCCc2ccccc2)C[C@H]1O. The molecule has 3 heterocycles. The van der Waals surface area contributed by atoms with E-state index in [-0.39, 0.29) is 6.04 Å². The molecule has 0 radical (unpaired) electrons. The molecule has 3 aromatic heterocycles. The molecule has 4 aromatic rings. The lowest BCUT2D eigenvalue weighted by Gasteiger charge is -2.17. The van der Waals surface area contributed by atoms with Crippen LogP contribution in [-0.4, -0.2) is 61.9 Å². The number of hydrogen-bond donors (Lipinski definition) is 4. The molecule has 3 atom stereocenters. The summed E-state index contributed by atoms with van der Waals surface area (Å²) in [6, 6.07) is 12.3. The summed E-state index contributed by atoms with van der Waals surface area (Å²) in [7, 11) is 0. The van der Waals surface area contributed by atoms with E-state index in [1.165, 1.54) is 18.2 Å². The molecule has 1 aromatic carbocycles. The standard InChI is InChI=1S/C27H34N8O/c28-26-25-21(22-8-12-31-17-32-22)16-35(27(25)34-18-33-26)23-13-20(14-24(23)36)15-30-10-4-9-29-11-7-19-5-2-1-3-6-19/h1-3,5-6,8,12,16-18,20,23-24,29-30,36H,4,7,9-11,13-15H2,(H2,28,33,34)/t20-,23+,24+/m0/s1. The highest BCUT2D eigenvalue weighted by Crippen LogP contribution is 2.40. The number of hydrogen-bond acceptors (Lipinski definition) is 8. The first-order chi connectivity index (χ1) is 17.7. The smallest absolute Gasteiger partial charge is 0.146 e. The number of nitrogens with one attached hydrogen (secondary N) is 2. The summed E-state index contributed by atoms with van der Waals surface area (Å²) in [5, 5.41) is 18.8. The van der Waals surface area contributed by atoms with Gasteiger partial charge in [0, 0.05) is 18.0 Å². The summed E-state index contributed by atoms with van der Waals surface area (Å²) in [6.45, 7) is 3.85. The van der Waals surface area contributed by atoms with Crippen LogP contribution in [0.5, 0.6) is 0 Å². The van der Waals surface area contributed by atoms with Gasteiger partial charge in [-0.15, -0.1) is 0 Å². The second kappa shape index (κ2) is 11.6. The molecule has 0 aliphatic heterocycles. The van der Waals surface area contributed by atoms with Crippen molar-refractivity contribution in [2.45, 2.75) is 37.8 Å². The molecule has 1 fully saturated rings. The number of fused-ring (bicyclic) bond motifs is 1. The highest BCUT2D eigenvalue weighted by atomic mass is 16.3. The Labute approximate surface area is 211 Å². The zero-order valence-corrected chi connectivity index (χ0v) is 20.4. The fourth-order valence-corrected chi connectivity index (χ4v) is 5.21. The van der Waals surface area contributed by atoms with Gasteiger partial charge in [0.05, 0.1) is 23.2 Å². The highest BCUT2D eigenvalue weighted by Gasteiger charge is 2.35. The first-order valence-electron chi connectivity index (χ1n) is 12.7. The van der Waals surface area contributed by atoms with Gasteiger partial charge in [0.1, 0.15) is 24.1 Å². The maximum Gasteiger partial charge on any atom is 0.146 e. The maximum absolute atomic E-state index is 11.0. The van der Waals surface area contributed by atoms with E-state index in [9.17, 15) is 5.11 Å². The molecule has 0 unspecified atom stereocenters. The lowest BCUT2D eigenvalue weighted by Crippen LogP contribution is -2.26. The minimum absolute atomic E-state index is 0.0659. The topological polar surface area (TPSA) is 127 Å². The first kappa shape index (κ1) is 24.3. The van der Waals surface area contributed by atoms with E-state index in [0.29, 0.717) is 11.7 Å². The number of nitrogens with zero attached hydrogens (tertiary/aromatic N) is 5. The van der Waals surface area contributed by atoms with Crippen LogP contribution in [0.4, 0.5) is 5.82 Å². The normalized spacial score (nSPS) is 19.8. The van der Waals surface area contributed by atoms with E-state index < -0.39 is 6.10 Å². The van der Waals surface area contributed by atoms with Crippen molar-refractivity contribution in [2.24, 2.45) is 5.92 Å². The van der Waals surface area contributed by atoms with Crippen molar-refractivity contribution in [1.29, 1.82) is 0 Å². The van der Waals surface area contributed by atoms with Gasteiger partial charge in [-0.05, 0) is 69.4 Å². The molecule has 1 aliphatic carbocycles. The Balaban J connectivity index is 1.13. The van der Waals surface area contributed by atoms with Crippen molar-refractivity contribution in [3.63, 3.8) is 0 Å². The second-order valence-electron chi connectivity index (χ2n) is 9.52. The number of aromatic nitrogens is 5. The van der Waals surface area contributed by atoms with Crippen molar-refractivity contribution < 1.29 is 5.11 Å². The average molecular weight is 487 g/mol. The summed E-state index contributed by atoms with van der Waals surface area (Å²) in [4.78, 5) is 17.1. The maximum atomic E-state index is 11.0. The molecular formula is C27H34N8O. The molecule has 0 bridgehead atoms. The number of aliphatic hydroxyl groups excluding tert-OH is 1. The summed E-state index contributed by atoms with van der Waals surface area (Å²) >= 11 is 0. The third kappa shape index (κ3) is 5.53. The van der Waals surface area contributed by atoms with Crippen LogP contribution in [0, 0.1) is 5.92 Å². The second-order valence-corrected chi connectivity index (χ2v) is 9.52. The van der Waals surface area contributed by atoms with Crippen LogP contribution in [0.2, 0.25) is 0 Å². The third-order valence-corrected chi connectivity index (χ3v) is 7.02. The molecule has 1 aliphatic rings. The monoisotopic (exact) mass is 486 g/mol. The van der Waals surface area contributed by atoms with E-state index in [4.69, 9.17) is 5.73 Å². The van der Waals surface area contributed by atoms with Crippen molar-refractivity contribution in [2.75, 3.05) is 31.9 Å². The highest BCUT2D eigenvalue weighted by molar-refractivity contribution is 5.99. The molecule has 9 nitrogen and oxygen atoms in total. The number of nitrogens with two attached hydrogens (primary N) is 1. The molecule has 0 spiro atoms. The van der Waals surface area contributed by atoms with Gasteiger partial charge in [0.25, 0.3) is 0 Å². The largest absolute Gasteiger partial charge is 0.391 e. The van der Waals surface area contributed by atoms with Crippen LogP contribution in [-0.2, 0) is 6.42 Å². The van der Waals surface area contributed by atoms with Crippen LogP contribution in [0.1, 0.15) is 30.9 Å². The van der Waals surface area contributed by atoms with Crippen LogP contribution in [0.3, 0.4) is 0 Å². The van der Waals surface area contributed by atoms with Gasteiger partial charge in [-0.3, -0.25) is 0 Å². The van der Waals surface area contributed by atoms with E-state index in [1.807, 2.05) is 12.3 Å². The minimum Gasteiger partial charge on any atom is -0.391 e. The van der Waals surface area contributed by atoms with Gasteiger partial charge >= 0.3 is 0 Å². The Morgan fingerprint density at radius 1 is 0.972 bits per heavy atom. The fraction of sp³-hybridized carbons (Fsp3) is 0.407. The quantitative estimate of drug-likeness (QED) is 0.238. The van der Waals surface area contributed by atoms with Crippen molar-refractivity contribution in [3.05, 3.63) is 67.0 Å². The van der Waals surface area contributed by atoms with Gasteiger partial charge in [0.2, 0.25) is 0 Å². The third-order valence-electron chi connectivity index (χ3n) is 7.02. The van der Waals surface area contributed by atoms with E-state index >= 15 is 0 Å². The molecular weight excluding hydrogens is 452 g/mol. The Kier molecular flexibility index (Phi) is 7.80. The Bertz CT molecular complexity index is 1250. The molecule has 0 saturated heterocycles. The van der Waals surface area contributed by atoms with E-state index in [2.05, 4.69) is 65.5 Å². The Morgan fingerprint density at radius 2 is 1.83 bits per heavy atom. The molecule has 9 heteroatoms. The average Bonchev–Trinajstić information content (AvgIpc) is 3.47. The van der Waals surface area contributed by atoms with Crippen LogP contribution < -0.4 is 16.4 Å². The predicted molar refractivity (Wildman–Crippen MR) is 141 cm³/mol. The fourth-order valence-electron chi connectivity index (χ4n) is 5.21. The number of aliphatic hydroxyl groups is 1. The summed E-state index contributed by atoms with van der Waals surface area (Å²) < 4.78 is 2.06. The van der Waals surface area contributed by atoms with Gasteiger partial charge in [-0.1, -0.05) is 30.3 Å².